The molecule has 2 heterocycles. The third kappa shape index (κ3) is 3.85. The largest absolute Gasteiger partial charge is 0.454 e. The smallest absolute Gasteiger partial charge is 0.235 e. The molecule has 0 saturated heterocycles. The minimum absolute atomic E-state index is 0.0203. The topological polar surface area (TPSA) is 99.6 Å². The Hall–Kier alpha value is -3.38. The van der Waals surface area contributed by atoms with Gasteiger partial charge in [-0.15, -0.1) is 0 Å². The lowest BCUT2D eigenvalue weighted by Crippen LogP contribution is -2.43. The zero-order valence-electron chi connectivity index (χ0n) is 19.3. The first kappa shape index (κ1) is 21.5. The van der Waals surface area contributed by atoms with Gasteiger partial charge in [-0.2, -0.15) is 0 Å². The number of hydrogen-bond donors (Lipinski definition) is 1. The maximum Gasteiger partial charge on any atom is 0.235 e. The summed E-state index contributed by atoms with van der Waals surface area (Å²) in [6.45, 7) is 8.03. The van der Waals surface area contributed by atoms with E-state index in [-0.39, 0.29) is 18.1 Å². The third-order valence-electron chi connectivity index (χ3n) is 7.05. The number of anilines is 2. The second kappa shape index (κ2) is 7.89. The molecule has 2 aromatic rings. The normalized spacial score (nSPS) is 19.6. The lowest BCUT2D eigenvalue weighted by molar-refractivity contribution is -0.118. The predicted molar refractivity (Wildman–Crippen MR) is 127 cm³/mol. The summed E-state index contributed by atoms with van der Waals surface area (Å²) >= 11 is 0. The number of nitrogens with one attached hydrogen (secondary N) is 1. The zero-order valence-corrected chi connectivity index (χ0v) is 19.3. The molecule has 1 N–H and O–H groups in total. The monoisotopic (exact) mass is 447 g/mol. The quantitative estimate of drug-likeness (QED) is 0.375. The second-order valence-electron chi connectivity index (χ2n) is 10.2. The van der Waals surface area contributed by atoms with Gasteiger partial charge < -0.3 is 19.7 Å². The van der Waals surface area contributed by atoms with E-state index >= 15 is 0 Å². The van der Waals surface area contributed by atoms with Crippen LogP contribution in [0.5, 0.6) is 11.5 Å². The molecule has 1 atom stereocenters. The van der Waals surface area contributed by atoms with Crippen molar-refractivity contribution in [2.75, 3.05) is 30.1 Å². The number of benzene rings is 2. The van der Waals surface area contributed by atoms with Crippen molar-refractivity contribution in [3.8, 4) is 11.5 Å². The van der Waals surface area contributed by atoms with Crippen molar-refractivity contribution in [2.24, 2.45) is 10.5 Å². The molecule has 1 unspecified atom stereocenters. The van der Waals surface area contributed by atoms with E-state index in [0.717, 1.165) is 42.0 Å². The second-order valence-corrected chi connectivity index (χ2v) is 10.2. The van der Waals surface area contributed by atoms with Gasteiger partial charge in [0.25, 0.3) is 0 Å². The standard InChI is InChI=1S/C25H29N5O3/c1-24(2,3)22-13-16-12-18(5-6-19(16)30(22)11-10-27-29-26)28-23(31)25(8-9-25)17-4-7-20-21(14-17)33-15-32-20/h4-7,12,14,22H,8-11,13,15H2,1-3H3,(H,28,31). The van der Waals surface area contributed by atoms with Crippen LogP contribution in [0, 0.1) is 5.41 Å². The van der Waals surface area contributed by atoms with E-state index in [9.17, 15) is 4.79 Å². The highest BCUT2D eigenvalue weighted by atomic mass is 16.7. The minimum atomic E-state index is -0.505. The van der Waals surface area contributed by atoms with Gasteiger partial charge in [0.05, 0.1) is 5.41 Å². The highest BCUT2D eigenvalue weighted by molar-refractivity contribution is 6.01. The average Bonchev–Trinajstić information content (AvgIpc) is 3.31. The number of ether oxygens (including phenoxy) is 2. The van der Waals surface area contributed by atoms with Crippen LogP contribution in [-0.4, -0.2) is 31.8 Å². The molecule has 33 heavy (non-hydrogen) atoms. The molecule has 5 rings (SSSR count). The molecule has 1 fully saturated rings. The van der Waals surface area contributed by atoms with Crippen LogP contribution in [0.3, 0.4) is 0 Å². The Morgan fingerprint density at radius 1 is 1.21 bits per heavy atom. The summed E-state index contributed by atoms with van der Waals surface area (Å²) in [6, 6.07) is 12.2. The van der Waals surface area contributed by atoms with Crippen LogP contribution >= 0.6 is 0 Å². The van der Waals surface area contributed by atoms with Crippen LogP contribution in [0.4, 0.5) is 11.4 Å². The van der Waals surface area contributed by atoms with Crippen molar-refractivity contribution in [3.63, 3.8) is 0 Å². The van der Waals surface area contributed by atoms with Crippen molar-refractivity contribution in [3.05, 3.63) is 58.0 Å². The summed E-state index contributed by atoms with van der Waals surface area (Å²) in [5.74, 6) is 1.46. The number of amides is 1. The lowest BCUT2D eigenvalue weighted by atomic mass is 9.84. The van der Waals surface area contributed by atoms with Crippen molar-refractivity contribution >= 4 is 17.3 Å². The Morgan fingerprint density at radius 3 is 2.73 bits per heavy atom. The molecule has 0 radical (unpaired) electrons. The molecule has 0 bridgehead atoms. The van der Waals surface area contributed by atoms with E-state index < -0.39 is 5.41 Å². The van der Waals surface area contributed by atoms with Gasteiger partial charge in [0.2, 0.25) is 12.7 Å². The van der Waals surface area contributed by atoms with Gasteiger partial charge in [-0.25, -0.2) is 0 Å². The minimum Gasteiger partial charge on any atom is -0.454 e. The fraction of sp³-hybridized carbons (Fsp3) is 0.480. The SMILES string of the molecule is CC(C)(C)C1Cc2cc(NC(=O)C3(c4ccc5c(c4)OCO5)CC3)ccc2N1CCN=[N+]=[N-]. The van der Waals surface area contributed by atoms with Gasteiger partial charge in [0.1, 0.15) is 0 Å². The van der Waals surface area contributed by atoms with Gasteiger partial charge in [-0.05, 0) is 71.7 Å². The number of azide groups is 1. The van der Waals surface area contributed by atoms with Crippen LogP contribution in [0.25, 0.3) is 10.4 Å². The highest BCUT2D eigenvalue weighted by Crippen LogP contribution is 2.51. The van der Waals surface area contributed by atoms with Crippen LogP contribution in [0.1, 0.15) is 44.7 Å². The molecule has 2 aromatic carbocycles. The number of nitrogens with zero attached hydrogens (tertiary/aromatic N) is 4. The fourth-order valence-corrected chi connectivity index (χ4v) is 5.06. The molecule has 8 heteroatoms. The summed E-state index contributed by atoms with van der Waals surface area (Å²) in [7, 11) is 0. The van der Waals surface area contributed by atoms with Crippen LogP contribution < -0.4 is 19.7 Å². The van der Waals surface area contributed by atoms with Gasteiger partial charge >= 0.3 is 0 Å². The summed E-state index contributed by atoms with van der Waals surface area (Å²) in [5.41, 5.74) is 12.4. The molecule has 1 saturated carbocycles. The molecule has 0 aromatic heterocycles. The maximum absolute atomic E-state index is 13.3. The van der Waals surface area contributed by atoms with E-state index in [0.29, 0.717) is 24.9 Å². The predicted octanol–water partition coefficient (Wildman–Crippen LogP) is 5.17. The summed E-state index contributed by atoms with van der Waals surface area (Å²) in [5, 5.41) is 6.90. The van der Waals surface area contributed by atoms with E-state index in [4.69, 9.17) is 15.0 Å². The first-order valence-corrected chi connectivity index (χ1v) is 11.4. The number of carbonyl (C=O) groups is 1. The van der Waals surface area contributed by atoms with Crippen molar-refractivity contribution in [1.82, 2.24) is 0 Å². The number of carbonyl (C=O) groups excluding carboxylic acids is 1. The van der Waals surface area contributed by atoms with Gasteiger partial charge in [0.15, 0.2) is 11.5 Å². The van der Waals surface area contributed by atoms with Gasteiger partial charge in [-0.1, -0.05) is 32.0 Å². The van der Waals surface area contributed by atoms with E-state index in [1.807, 2.05) is 24.3 Å². The van der Waals surface area contributed by atoms with Gasteiger partial charge in [0, 0.05) is 35.4 Å². The molecular formula is C25H29N5O3. The molecule has 172 valence electrons. The Bertz CT molecular complexity index is 1150. The fourth-order valence-electron chi connectivity index (χ4n) is 5.06. The van der Waals surface area contributed by atoms with Crippen molar-refractivity contribution < 1.29 is 14.3 Å². The van der Waals surface area contributed by atoms with Crippen LogP contribution in [-0.2, 0) is 16.6 Å². The Labute approximate surface area is 193 Å². The first-order chi connectivity index (χ1) is 15.8. The van der Waals surface area contributed by atoms with E-state index in [1.165, 1.54) is 5.56 Å². The number of hydrogen-bond acceptors (Lipinski definition) is 5. The third-order valence-corrected chi connectivity index (χ3v) is 7.05. The van der Waals surface area contributed by atoms with E-state index in [2.05, 4.69) is 53.1 Å². The van der Waals surface area contributed by atoms with E-state index in [1.54, 1.807) is 0 Å². The van der Waals surface area contributed by atoms with Crippen LogP contribution in [0.2, 0.25) is 0 Å². The Kier molecular flexibility index (Phi) is 5.13. The van der Waals surface area contributed by atoms with Crippen molar-refractivity contribution in [2.45, 2.75) is 51.5 Å². The molecular weight excluding hydrogens is 418 g/mol. The zero-order chi connectivity index (χ0) is 23.2. The molecule has 1 aliphatic carbocycles. The number of rotatable bonds is 6. The Balaban J connectivity index is 1.36. The average molecular weight is 448 g/mol. The maximum atomic E-state index is 13.3. The molecule has 2 aliphatic heterocycles. The van der Waals surface area contributed by atoms with Crippen molar-refractivity contribution in [1.29, 1.82) is 0 Å². The van der Waals surface area contributed by atoms with Crippen LogP contribution in [0.15, 0.2) is 41.5 Å². The molecule has 0 spiro atoms. The summed E-state index contributed by atoms with van der Waals surface area (Å²) < 4.78 is 10.9. The lowest BCUT2D eigenvalue weighted by Gasteiger charge is -2.36. The first-order valence-electron chi connectivity index (χ1n) is 11.4. The molecule has 1 amide bonds. The summed E-state index contributed by atoms with van der Waals surface area (Å²) in [4.78, 5) is 18.6. The number of fused-ring (bicyclic) bond motifs is 2. The summed E-state index contributed by atoms with van der Waals surface area (Å²) in [6.07, 6.45) is 2.54. The molecule has 3 aliphatic rings. The Morgan fingerprint density at radius 2 is 2.00 bits per heavy atom. The molecule has 8 nitrogen and oxygen atoms in total. The van der Waals surface area contributed by atoms with Gasteiger partial charge in [-0.3, -0.25) is 4.79 Å². The highest BCUT2D eigenvalue weighted by Gasteiger charge is 2.51.